The van der Waals surface area contributed by atoms with Crippen LogP contribution in [0.25, 0.3) is 11.3 Å². The van der Waals surface area contributed by atoms with Gasteiger partial charge in [0.25, 0.3) is 0 Å². The lowest BCUT2D eigenvalue weighted by Crippen LogP contribution is -2.24. The van der Waals surface area contributed by atoms with Crippen molar-refractivity contribution in [3.05, 3.63) is 41.9 Å². The van der Waals surface area contributed by atoms with Gasteiger partial charge in [-0.2, -0.15) is 4.99 Å². The summed E-state index contributed by atoms with van der Waals surface area (Å²) in [4.78, 5) is 26.5. The summed E-state index contributed by atoms with van der Waals surface area (Å²) >= 11 is 0. The van der Waals surface area contributed by atoms with Gasteiger partial charge in [0.05, 0.1) is 5.69 Å². The molecule has 1 heterocycles. The minimum Gasteiger partial charge on any atom is -0.449 e. The van der Waals surface area contributed by atoms with E-state index in [1.807, 2.05) is 0 Å². The highest BCUT2D eigenvalue weighted by atomic mass is 19.1. The maximum Gasteiger partial charge on any atom is 0.318 e. The van der Waals surface area contributed by atoms with Gasteiger partial charge in [-0.1, -0.05) is 12.1 Å². The van der Waals surface area contributed by atoms with Crippen molar-refractivity contribution in [1.29, 1.82) is 0 Å². The number of guanidine groups is 1. The van der Waals surface area contributed by atoms with Crippen LogP contribution in [-0.4, -0.2) is 17.8 Å². The summed E-state index contributed by atoms with van der Waals surface area (Å²) in [7, 11) is 0. The Morgan fingerprint density at radius 3 is 2.59 bits per heavy atom. The molecule has 22 heavy (non-hydrogen) atoms. The van der Waals surface area contributed by atoms with E-state index < -0.39 is 23.6 Å². The maximum atomic E-state index is 13.3. The number of hydrogen-bond acceptors (Lipinski definition) is 3. The molecule has 0 bridgehead atoms. The molecule has 0 spiro atoms. The third-order valence-corrected chi connectivity index (χ3v) is 2.58. The Morgan fingerprint density at radius 2 is 2.00 bits per heavy atom. The van der Waals surface area contributed by atoms with Crippen LogP contribution in [0.5, 0.6) is 0 Å². The van der Waals surface area contributed by atoms with Crippen LogP contribution in [0, 0.1) is 5.82 Å². The van der Waals surface area contributed by atoms with Crippen molar-refractivity contribution in [1.82, 2.24) is 0 Å². The van der Waals surface area contributed by atoms with Gasteiger partial charge in [0.1, 0.15) is 11.6 Å². The molecule has 114 valence electrons. The molecule has 1 aromatic heterocycles. The molecular weight excluding hydrogens is 291 g/mol. The number of nitrogens with one attached hydrogen (secondary N) is 1. The average Bonchev–Trinajstić information content (AvgIpc) is 2.81. The van der Waals surface area contributed by atoms with E-state index in [1.165, 1.54) is 31.2 Å². The van der Waals surface area contributed by atoms with Crippen molar-refractivity contribution in [2.24, 2.45) is 16.5 Å². The molecule has 0 saturated heterocycles. The number of furan rings is 1. The number of aliphatic imine (C=N–C) groups is 1. The van der Waals surface area contributed by atoms with Crippen LogP contribution in [0.15, 0.2) is 39.7 Å². The number of carbonyl (C=O) groups is 2. The lowest BCUT2D eigenvalue weighted by Gasteiger charge is -1.99. The summed E-state index contributed by atoms with van der Waals surface area (Å²) in [6.07, 6.45) is 0. The van der Waals surface area contributed by atoms with E-state index in [-0.39, 0.29) is 17.2 Å². The van der Waals surface area contributed by atoms with Gasteiger partial charge in [-0.25, -0.2) is 4.39 Å². The van der Waals surface area contributed by atoms with Gasteiger partial charge in [-0.05, 0) is 12.1 Å². The van der Waals surface area contributed by atoms with Gasteiger partial charge in [0, 0.05) is 18.6 Å². The molecule has 0 aliphatic rings. The number of nitrogens with two attached hydrogens (primary N) is 2. The largest absolute Gasteiger partial charge is 0.449 e. The zero-order valence-electron chi connectivity index (χ0n) is 11.6. The lowest BCUT2D eigenvalue weighted by molar-refractivity contribution is -0.114. The van der Waals surface area contributed by atoms with Crippen molar-refractivity contribution in [3.8, 4) is 11.3 Å². The van der Waals surface area contributed by atoms with Crippen molar-refractivity contribution in [2.75, 3.05) is 5.32 Å². The Kier molecular flexibility index (Phi) is 4.21. The summed E-state index contributed by atoms with van der Waals surface area (Å²) in [6, 6.07) is 6.97. The number of anilines is 1. The second-order valence-corrected chi connectivity index (χ2v) is 4.39. The molecule has 0 unspecified atom stereocenters. The van der Waals surface area contributed by atoms with Crippen LogP contribution in [-0.2, 0) is 4.79 Å². The maximum absolute atomic E-state index is 13.3. The van der Waals surface area contributed by atoms with E-state index in [4.69, 9.17) is 15.9 Å². The van der Waals surface area contributed by atoms with E-state index in [2.05, 4.69) is 10.3 Å². The lowest BCUT2D eigenvalue weighted by atomic mass is 10.1. The standard InChI is InChI=1S/C14H13FN4O3/c1-7(20)18-10-6-11(8-3-2-4-9(15)5-8)22-12(10)13(21)19-14(16)17/h2-6H,1H3,(H,18,20)(H4,16,17,19,21). The number of carbonyl (C=O) groups excluding carboxylic acids is 2. The average molecular weight is 304 g/mol. The highest BCUT2D eigenvalue weighted by Crippen LogP contribution is 2.30. The molecule has 2 rings (SSSR count). The number of halogens is 1. The van der Waals surface area contributed by atoms with Gasteiger partial charge in [0.15, 0.2) is 5.96 Å². The zero-order valence-corrected chi connectivity index (χ0v) is 11.6. The van der Waals surface area contributed by atoms with Crippen molar-refractivity contribution in [3.63, 3.8) is 0 Å². The van der Waals surface area contributed by atoms with Crippen LogP contribution in [0.4, 0.5) is 10.1 Å². The molecule has 2 aromatic rings. The molecular formula is C14H13FN4O3. The van der Waals surface area contributed by atoms with E-state index in [0.29, 0.717) is 5.56 Å². The first-order valence-corrected chi connectivity index (χ1v) is 6.18. The highest BCUT2D eigenvalue weighted by Gasteiger charge is 2.20. The summed E-state index contributed by atoms with van der Waals surface area (Å²) in [6.45, 7) is 1.27. The molecule has 0 saturated carbocycles. The first-order chi connectivity index (χ1) is 10.4. The number of rotatable bonds is 3. The Morgan fingerprint density at radius 1 is 1.27 bits per heavy atom. The van der Waals surface area contributed by atoms with E-state index in [1.54, 1.807) is 6.07 Å². The highest BCUT2D eigenvalue weighted by molar-refractivity contribution is 6.06. The van der Waals surface area contributed by atoms with Crippen LogP contribution in [0.1, 0.15) is 17.5 Å². The molecule has 5 N–H and O–H groups in total. The van der Waals surface area contributed by atoms with Gasteiger partial charge in [0.2, 0.25) is 11.7 Å². The second-order valence-electron chi connectivity index (χ2n) is 4.39. The predicted octanol–water partition coefficient (Wildman–Crippen LogP) is 1.46. The van der Waals surface area contributed by atoms with Gasteiger partial charge in [-0.15, -0.1) is 0 Å². The zero-order chi connectivity index (χ0) is 16.3. The van der Waals surface area contributed by atoms with E-state index in [9.17, 15) is 14.0 Å². The normalized spacial score (nSPS) is 10.1. The van der Waals surface area contributed by atoms with Crippen molar-refractivity contribution >= 4 is 23.5 Å². The van der Waals surface area contributed by atoms with Gasteiger partial charge in [-0.3, -0.25) is 9.59 Å². The third kappa shape index (κ3) is 3.48. The van der Waals surface area contributed by atoms with E-state index in [0.717, 1.165) is 0 Å². The second kappa shape index (κ2) is 6.08. The SMILES string of the molecule is CC(=O)Nc1cc(-c2cccc(F)c2)oc1C(=O)N=C(N)N. The minimum atomic E-state index is -0.855. The molecule has 0 aliphatic heterocycles. The summed E-state index contributed by atoms with van der Waals surface area (Å²) in [5, 5.41) is 2.43. The van der Waals surface area contributed by atoms with Crippen LogP contribution < -0.4 is 16.8 Å². The molecule has 0 atom stereocenters. The minimum absolute atomic E-state index is 0.0989. The molecule has 1 aromatic carbocycles. The quantitative estimate of drug-likeness (QED) is 0.585. The van der Waals surface area contributed by atoms with Crippen LogP contribution in [0.2, 0.25) is 0 Å². The van der Waals surface area contributed by atoms with Gasteiger partial charge >= 0.3 is 5.91 Å². The molecule has 2 amide bonds. The molecule has 0 fully saturated rings. The number of nitrogens with zero attached hydrogens (tertiary/aromatic N) is 1. The van der Waals surface area contributed by atoms with Crippen molar-refractivity contribution in [2.45, 2.75) is 6.92 Å². The molecule has 7 nitrogen and oxygen atoms in total. The molecule has 0 aliphatic carbocycles. The topological polar surface area (TPSA) is 124 Å². The summed E-state index contributed by atoms with van der Waals surface area (Å²) < 4.78 is 18.6. The first kappa shape index (κ1) is 15.2. The first-order valence-electron chi connectivity index (χ1n) is 6.18. The molecule has 0 radical (unpaired) electrons. The number of amides is 2. The van der Waals surface area contributed by atoms with Gasteiger partial charge < -0.3 is 21.2 Å². The Balaban J connectivity index is 2.50. The summed E-state index contributed by atoms with van der Waals surface area (Å²) in [5.74, 6) is -2.23. The Bertz CT molecular complexity index is 763. The molecule has 8 heteroatoms. The fourth-order valence-electron chi connectivity index (χ4n) is 1.78. The smallest absolute Gasteiger partial charge is 0.318 e. The van der Waals surface area contributed by atoms with Crippen LogP contribution in [0.3, 0.4) is 0 Å². The fourth-order valence-corrected chi connectivity index (χ4v) is 1.78. The Hall–Kier alpha value is -3.16. The monoisotopic (exact) mass is 304 g/mol. The predicted molar refractivity (Wildman–Crippen MR) is 78.5 cm³/mol. The summed E-state index contributed by atoms with van der Waals surface area (Å²) in [5.41, 5.74) is 10.8. The third-order valence-electron chi connectivity index (χ3n) is 2.58. The number of hydrogen-bond donors (Lipinski definition) is 3. The fraction of sp³-hybridized carbons (Fsp3) is 0.0714. The Labute approximate surface area is 124 Å². The number of benzene rings is 1. The van der Waals surface area contributed by atoms with E-state index >= 15 is 0 Å². The van der Waals surface area contributed by atoms with Crippen molar-refractivity contribution < 1.29 is 18.4 Å². The van der Waals surface area contributed by atoms with Crippen LogP contribution >= 0.6 is 0 Å².